The van der Waals surface area contributed by atoms with Crippen molar-refractivity contribution in [2.24, 2.45) is 0 Å². The smallest absolute Gasteiger partial charge is 0.295 e. The summed E-state index contributed by atoms with van der Waals surface area (Å²) in [6, 6.07) is 17.8. The molecule has 0 bridgehead atoms. The van der Waals surface area contributed by atoms with Crippen molar-refractivity contribution in [3.63, 3.8) is 0 Å². The minimum absolute atomic E-state index is 0.00237. The van der Waals surface area contributed by atoms with Crippen LogP contribution in [0.2, 0.25) is 0 Å². The van der Waals surface area contributed by atoms with Crippen LogP contribution in [0, 0.1) is 5.82 Å². The maximum absolute atomic E-state index is 13.3. The number of amides is 1. The maximum Gasteiger partial charge on any atom is 0.295 e. The zero-order valence-electron chi connectivity index (χ0n) is 17.5. The van der Waals surface area contributed by atoms with Gasteiger partial charge in [-0.3, -0.25) is 14.6 Å². The molecule has 0 aliphatic carbocycles. The lowest BCUT2D eigenvalue weighted by Gasteiger charge is -2.24. The number of benzene rings is 2. The Hall–Kier alpha value is -4.26. The number of carbonyl (C=O) groups excluding carboxylic acids is 2. The number of aliphatic hydroxyl groups excluding tert-OH is 1. The fourth-order valence-corrected chi connectivity index (χ4v) is 4.27. The van der Waals surface area contributed by atoms with Gasteiger partial charge >= 0.3 is 0 Å². The van der Waals surface area contributed by atoms with Gasteiger partial charge in [-0.25, -0.2) is 4.39 Å². The molecule has 1 unspecified atom stereocenters. The fraction of sp³-hybridized carbons (Fsp3) is 0.115. The second-order valence-electron chi connectivity index (χ2n) is 7.87. The third-order valence-corrected chi connectivity index (χ3v) is 5.91. The summed E-state index contributed by atoms with van der Waals surface area (Å²) >= 11 is 0. The van der Waals surface area contributed by atoms with Gasteiger partial charge in [0.05, 0.1) is 11.3 Å². The van der Waals surface area contributed by atoms with Crippen LogP contribution in [-0.2, 0) is 16.0 Å². The van der Waals surface area contributed by atoms with E-state index in [4.69, 9.17) is 0 Å². The first-order chi connectivity index (χ1) is 16.0. The second-order valence-corrected chi connectivity index (χ2v) is 7.87. The number of aromatic nitrogens is 2. The molecule has 7 heteroatoms. The Morgan fingerprint density at radius 1 is 1.03 bits per heavy atom. The average molecular weight is 441 g/mol. The van der Waals surface area contributed by atoms with E-state index in [0.29, 0.717) is 17.7 Å². The molecule has 5 rings (SSSR count). The number of nitrogens with one attached hydrogen (secondary N) is 1. The predicted octanol–water partition coefficient (Wildman–Crippen LogP) is 4.37. The summed E-state index contributed by atoms with van der Waals surface area (Å²) < 4.78 is 13.3. The quantitative estimate of drug-likeness (QED) is 0.274. The van der Waals surface area contributed by atoms with Crippen LogP contribution in [0.1, 0.15) is 22.9 Å². The lowest BCUT2D eigenvalue weighted by molar-refractivity contribution is -0.139. The third kappa shape index (κ3) is 3.67. The average Bonchev–Trinajstić information content (AvgIpc) is 3.38. The number of hydrogen-bond acceptors (Lipinski definition) is 4. The first-order valence-corrected chi connectivity index (χ1v) is 10.5. The Morgan fingerprint density at radius 2 is 1.79 bits per heavy atom. The van der Waals surface area contributed by atoms with Crippen molar-refractivity contribution in [3.05, 3.63) is 107 Å². The van der Waals surface area contributed by atoms with E-state index < -0.39 is 17.7 Å². The molecule has 0 saturated carbocycles. The van der Waals surface area contributed by atoms with Gasteiger partial charge in [0.1, 0.15) is 17.6 Å². The molecule has 0 radical (unpaired) electrons. The third-order valence-electron chi connectivity index (χ3n) is 5.91. The molecular weight excluding hydrogens is 421 g/mol. The molecule has 33 heavy (non-hydrogen) atoms. The van der Waals surface area contributed by atoms with Gasteiger partial charge in [-0.2, -0.15) is 0 Å². The number of Topliss-reactive ketones (excluding diaryl/α,β-unsaturated/α-hetero) is 1. The van der Waals surface area contributed by atoms with Gasteiger partial charge < -0.3 is 15.0 Å². The van der Waals surface area contributed by atoms with Gasteiger partial charge in [0.2, 0.25) is 0 Å². The first kappa shape index (κ1) is 20.6. The van der Waals surface area contributed by atoms with Gasteiger partial charge in [0, 0.05) is 35.4 Å². The normalized spacial score (nSPS) is 17.7. The van der Waals surface area contributed by atoms with Crippen LogP contribution < -0.4 is 0 Å². The SMILES string of the molecule is O=C1C(=O)N(CCc2ccc(F)cc2)C(c2ccccn2)/C1=C(/O)c1c[nH]c2ccccc12. The number of carbonyl (C=O) groups is 2. The number of halogens is 1. The van der Waals surface area contributed by atoms with Crippen molar-refractivity contribution >= 4 is 28.4 Å². The van der Waals surface area contributed by atoms with Crippen molar-refractivity contribution < 1.29 is 19.1 Å². The molecule has 0 spiro atoms. The minimum Gasteiger partial charge on any atom is -0.507 e. The number of pyridine rings is 1. The Bertz CT molecular complexity index is 1380. The molecule has 2 aromatic heterocycles. The van der Waals surface area contributed by atoms with E-state index in [2.05, 4.69) is 9.97 Å². The van der Waals surface area contributed by atoms with Gasteiger partial charge in [0.25, 0.3) is 11.7 Å². The Kier molecular flexibility index (Phi) is 5.22. The standard InChI is InChI=1S/C26H20FN3O3/c27-17-10-8-16(9-11-17)12-14-30-23(21-7-3-4-13-28-21)22(25(32)26(30)33)24(31)19-15-29-20-6-2-1-5-18(19)20/h1-11,13,15,23,29,31H,12,14H2/b24-22-. The highest BCUT2D eigenvalue weighted by Crippen LogP contribution is 2.39. The molecule has 1 amide bonds. The summed E-state index contributed by atoms with van der Waals surface area (Å²) in [6.45, 7) is 0.210. The van der Waals surface area contributed by atoms with Gasteiger partial charge in [-0.1, -0.05) is 36.4 Å². The number of fused-ring (bicyclic) bond motifs is 1. The highest BCUT2D eigenvalue weighted by atomic mass is 19.1. The Labute approximate surface area is 189 Å². The van der Waals surface area contributed by atoms with E-state index >= 15 is 0 Å². The number of aromatic amines is 1. The van der Waals surface area contributed by atoms with Crippen LogP contribution in [0.4, 0.5) is 4.39 Å². The number of rotatable bonds is 5. The van der Waals surface area contributed by atoms with Crippen LogP contribution in [-0.4, -0.2) is 38.2 Å². The van der Waals surface area contributed by atoms with Crippen molar-refractivity contribution in [1.29, 1.82) is 0 Å². The molecule has 2 aromatic carbocycles. The highest BCUT2D eigenvalue weighted by molar-refractivity contribution is 6.46. The molecular formula is C26H20FN3O3. The summed E-state index contributed by atoms with van der Waals surface area (Å²) in [6.07, 6.45) is 3.63. The van der Waals surface area contributed by atoms with Crippen LogP contribution in [0.25, 0.3) is 16.7 Å². The molecule has 1 fully saturated rings. The zero-order chi connectivity index (χ0) is 22.9. The lowest BCUT2D eigenvalue weighted by atomic mass is 9.98. The van der Waals surface area contributed by atoms with Crippen LogP contribution >= 0.6 is 0 Å². The summed E-state index contributed by atoms with van der Waals surface area (Å²) in [4.78, 5) is 35.1. The molecule has 2 N–H and O–H groups in total. The Balaban J connectivity index is 1.59. The molecule has 1 aliphatic rings. The van der Waals surface area contributed by atoms with Crippen LogP contribution in [0.5, 0.6) is 0 Å². The van der Waals surface area contributed by atoms with Gasteiger partial charge in [-0.05, 0) is 42.3 Å². The number of H-pyrrole nitrogens is 1. The van der Waals surface area contributed by atoms with Gasteiger partial charge in [-0.15, -0.1) is 0 Å². The summed E-state index contributed by atoms with van der Waals surface area (Å²) in [5, 5.41) is 12.0. The van der Waals surface area contributed by atoms with Crippen molar-refractivity contribution in [2.45, 2.75) is 12.5 Å². The highest BCUT2D eigenvalue weighted by Gasteiger charge is 2.46. The van der Waals surface area contributed by atoms with Crippen molar-refractivity contribution in [2.75, 3.05) is 6.54 Å². The molecule has 6 nitrogen and oxygen atoms in total. The summed E-state index contributed by atoms with van der Waals surface area (Å²) in [5.41, 5.74) is 2.57. The molecule has 4 aromatic rings. The monoisotopic (exact) mass is 441 g/mol. The van der Waals surface area contributed by atoms with Gasteiger partial charge in [0.15, 0.2) is 0 Å². The molecule has 1 atom stereocenters. The molecule has 164 valence electrons. The largest absolute Gasteiger partial charge is 0.507 e. The van der Waals surface area contributed by atoms with E-state index in [0.717, 1.165) is 16.5 Å². The van der Waals surface area contributed by atoms with Crippen LogP contribution in [0.3, 0.4) is 0 Å². The molecule has 3 heterocycles. The topological polar surface area (TPSA) is 86.3 Å². The minimum atomic E-state index is -0.833. The van der Waals surface area contributed by atoms with Crippen LogP contribution in [0.15, 0.2) is 84.7 Å². The zero-order valence-corrected chi connectivity index (χ0v) is 17.5. The number of hydrogen-bond donors (Lipinski definition) is 2. The predicted molar refractivity (Wildman–Crippen MR) is 122 cm³/mol. The number of aliphatic hydroxyl groups is 1. The second kappa shape index (κ2) is 8.35. The van der Waals surface area contributed by atoms with E-state index in [-0.39, 0.29) is 23.7 Å². The fourth-order valence-electron chi connectivity index (χ4n) is 4.27. The molecule has 1 saturated heterocycles. The van der Waals surface area contributed by atoms with E-state index in [1.165, 1.54) is 17.0 Å². The maximum atomic E-state index is 13.3. The number of ketones is 1. The Morgan fingerprint density at radius 3 is 2.55 bits per heavy atom. The number of likely N-dealkylation sites (tertiary alicyclic amines) is 1. The van der Waals surface area contributed by atoms with Crippen molar-refractivity contribution in [1.82, 2.24) is 14.9 Å². The summed E-state index contributed by atoms with van der Waals surface area (Å²) in [5.74, 6) is -2.04. The number of para-hydroxylation sites is 1. The lowest BCUT2D eigenvalue weighted by Crippen LogP contribution is -2.32. The van der Waals surface area contributed by atoms with E-state index in [1.807, 2.05) is 24.3 Å². The molecule has 1 aliphatic heterocycles. The van der Waals surface area contributed by atoms with E-state index in [1.54, 1.807) is 42.7 Å². The van der Waals surface area contributed by atoms with E-state index in [9.17, 15) is 19.1 Å². The summed E-state index contributed by atoms with van der Waals surface area (Å²) in [7, 11) is 0. The van der Waals surface area contributed by atoms with Crippen molar-refractivity contribution in [3.8, 4) is 0 Å². The first-order valence-electron chi connectivity index (χ1n) is 10.5. The number of nitrogens with zero attached hydrogens (tertiary/aromatic N) is 2.